The highest BCUT2D eigenvalue weighted by molar-refractivity contribution is 7.92. The summed E-state index contributed by atoms with van der Waals surface area (Å²) in [6.45, 7) is 1.62. The number of carbonyl (C=O) groups is 1. The molecule has 1 aromatic rings. The van der Waals surface area contributed by atoms with E-state index in [1.807, 2.05) is 30.3 Å². The SMILES string of the molecule is CS(=O)(=O)C1(C(=O)NC2CCOC2c2ccccc2)CCNCC1. The van der Waals surface area contributed by atoms with Gasteiger partial charge in [-0.1, -0.05) is 30.3 Å². The summed E-state index contributed by atoms with van der Waals surface area (Å²) in [4.78, 5) is 12.9. The van der Waals surface area contributed by atoms with E-state index in [1.54, 1.807) is 0 Å². The molecule has 1 amide bonds. The van der Waals surface area contributed by atoms with E-state index in [4.69, 9.17) is 4.74 Å². The molecule has 0 aromatic heterocycles. The van der Waals surface area contributed by atoms with Crippen molar-refractivity contribution in [3.63, 3.8) is 0 Å². The molecule has 2 unspecified atom stereocenters. The molecule has 1 aromatic carbocycles. The van der Waals surface area contributed by atoms with E-state index in [0.717, 1.165) is 11.8 Å². The van der Waals surface area contributed by atoms with E-state index >= 15 is 0 Å². The van der Waals surface area contributed by atoms with E-state index in [0.29, 0.717) is 39.0 Å². The van der Waals surface area contributed by atoms with Crippen LogP contribution in [0.5, 0.6) is 0 Å². The summed E-state index contributed by atoms with van der Waals surface area (Å²) in [5, 5.41) is 6.10. The van der Waals surface area contributed by atoms with Crippen LogP contribution >= 0.6 is 0 Å². The van der Waals surface area contributed by atoms with Gasteiger partial charge in [0.05, 0.1) is 6.04 Å². The van der Waals surface area contributed by atoms with Crippen LogP contribution in [0, 0.1) is 0 Å². The van der Waals surface area contributed by atoms with Crippen molar-refractivity contribution in [2.45, 2.75) is 36.2 Å². The molecule has 0 radical (unpaired) electrons. The van der Waals surface area contributed by atoms with E-state index in [-0.39, 0.29) is 18.1 Å². The Morgan fingerprint density at radius 2 is 1.92 bits per heavy atom. The zero-order valence-electron chi connectivity index (χ0n) is 13.8. The Kier molecular flexibility index (Phi) is 4.94. The second-order valence-electron chi connectivity index (χ2n) is 6.59. The predicted octanol–water partition coefficient (Wildman–Crippen LogP) is 0.800. The highest BCUT2D eigenvalue weighted by Crippen LogP contribution is 2.32. The number of hydrogen-bond acceptors (Lipinski definition) is 5. The van der Waals surface area contributed by atoms with Gasteiger partial charge in [0.25, 0.3) is 0 Å². The lowest BCUT2D eigenvalue weighted by Crippen LogP contribution is -2.59. The summed E-state index contributed by atoms with van der Waals surface area (Å²) in [6.07, 6.45) is 2.23. The largest absolute Gasteiger partial charge is 0.371 e. The van der Waals surface area contributed by atoms with Gasteiger partial charge in [0, 0.05) is 12.9 Å². The number of hydrogen-bond donors (Lipinski definition) is 2. The third-order valence-electron chi connectivity index (χ3n) is 5.07. The number of piperidine rings is 1. The molecule has 0 aliphatic carbocycles. The molecular formula is C17H24N2O4S. The molecule has 0 saturated carbocycles. The Bertz CT molecular complexity index is 684. The third-order valence-corrected chi connectivity index (χ3v) is 7.08. The number of amides is 1. The number of sulfone groups is 1. The van der Waals surface area contributed by atoms with Crippen LogP contribution in [0.15, 0.2) is 30.3 Å². The molecule has 2 aliphatic rings. The summed E-state index contributed by atoms with van der Waals surface area (Å²) >= 11 is 0. The first-order chi connectivity index (χ1) is 11.4. The van der Waals surface area contributed by atoms with Gasteiger partial charge in [0.1, 0.15) is 6.10 Å². The van der Waals surface area contributed by atoms with Crippen LogP contribution in [-0.2, 0) is 19.4 Å². The van der Waals surface area contributed by atoms with Crippen LogP contribution in [0.1, 0.15) is 30.9 Å². The Hall–Kier alpha value is -1.44. The van der Waals surface area contributed by atoms with Gasteiger partial charge in [-0.05, 0) is 37.9 Å². The maximum atomic E-state index is 12.9. The predicted molar refractivity (Wildman–Crippen MR) is 91.4 cm³/mol. The Balaban J connectivity index is 1.80. The summed E-state index contributed by atoms with van der Waals surface area (Å²) in [5.41, 5.74) is 0.999. The van der Waals surface area contributed by atoms with Gasteiger partial charge in [-0.3, -0.25) is 4.79 Å². The molecule has 132 valence electrons. The fourth-order valence-electron chi connectivity index (χ4n) is 3.61. The van der Waals surface area contributed by atoms with Crippen LogP contribution < -0.4 is 10.6 Å². The second-order valence-corrected chi connectivity index (χ2v) is 8.91. The number of benzene rings is 1. The number of carbonyl (C=O) groups excluding carboxylic acids is 1. The van der Waals surface area contributed by atoms with Crippen molar-refractivity contribution in [2.75, 3.05) is 26.0 Å². The normalized spacial score (nSPS) is 26.9. The fourth-order valence-corrected chi connectivity index (χ4v) is 4.95. The molecule has 0 bridgehead atoms. The van der Waals surface area contributed by atoms with Crippen molar-refractivity contribution in [3.8, 4) is 0 Å². The molecule has 6 nitrogen and oxygen atoms in total. The first-order valence-electron chi connectivity index (χ1n) is 8.32. The van der Waals surface area contributed by atoms with E-state index in [1.165, 1.54) is 0 Å². The Labute approximate surface area is 142 Å². The van der Waals surface area contributed by atoms with Gasteiger partial charge in [-0.2, -0.15) is 0 Å². The lowest BCUT2D eigenvalue weighted by atomic mass is 9.94. The van der Waals surface area contributed by atoms with Crippen LogP contribution in [0.25, 0.3) is 0 Å². The molecule has 7 heteroatoms. The second kappa shape index (κ2) is 6.82. The van der Waals surface area contributed by atoms with Gasteiger partial charge in [-0.15, -0.1) is 0 Å². The van der Waals surface area contributed by atoms with E-state index in [2.05, 4.69) is 10.6 Å². The maximum Gasteiger partial charge on any atom is 0.241 e. The minimum atomic E-state index is -3.50. The summed E-state index contributed by atoms with van der Waals surface area (Å²) < 4.78 is 29.2. The molecule has 2 aliphatic heterocycles. The summed E-state index contributed by atoms with van der Waals surface area (Å²) in [5.74, 6) is -0.386. The average molecular weight is 352 g/mol. The maximum absolute atomic E-state index is 12.9. The highest BCUT2D eigenvalue weighted by atomic mass is 32.2. The number of ether oxygens (including phenoxy) is 1. The van der Waals surface area contributed by atoms with Gasteiger partial charge in [0.2, 0.25) is 5.91 Å². The molecule has 2 N–H and O–H groups in total. The van der Waals surface area contributed by atoms with Crippen molar-refractivity contribution in [1.29, 1.82) is 0 Å². The molecule has 0 spiro atoms. The minimum absolute atomic E-state index is 0.201. The highest BCUT2D eigenvalue weighted by Gasteiger charge is 2.49. The molecule has 2 fully saturated rings. The lowest BCUT2D eigenvalue weighted by molar-refractivity contribution is -0.125. The molecule has 2 heterocycles. The minimum Gasteiger partial charge on any atom is -0.371 e. The zero-order chi connectivity index (χ0) is 17.2. The zero-order valence-corrected chi connectivity index (χ0v) is 14.6. The van der Waals surface area contributed by atoms with Crippen LogP contribution in [0.4, 0.5) is 0 Å². The van der Waals surface area contributed by atoms with Crippen LogP contribution in [0.3, 0.4) is 0 Å². The monoisotopic (exact) mass is 352 g/mol. The van der Waals surface area contributed by atoms with E-state index < -0.39 is 14.6 Å². The van der Waals surface area contributed by atoms with Gasteiger partial charge < -0.3 is 15.4 Å². The van der Waals surface area contributed by atoms with E-state index in [9.17, 15) is 13.2 Å². The molecular weight excluding hydrogens is 328 g/mol. The quantitative estimate of drug-likeness (QED) is 0.837. The topological polar surface area (TPSA) is 84.5 Å². The lowest BCUT2D eigenvalue weighted by Gasteiger charge is -2.35. The molecule has 2 atom stereocenters. The first kappa shape index (κ1) is 17.4. The van der Waals surface area contributed by atoms with Gasteiger partial charge >= 0.3 is 0 Å². The number of rotatable bonds is 4. The van der Waals surface area contributed by atoms with Crippen molar-refractivity contribution in [1.82, 2.24) is 10.6 Å². The fraction of sp³-hybridized carbons (Fsp3) is 0.588. The smallest absolute Gasteiger partial charge is 0.241 e. The molecule has 24 heavy (non-hydrogen) atoms. The summed E-state index contributed by atoms with van der Waals surface area (Å²) in [6, 6.07) is 9.52. The van der Waals surface area contributed by atoms with Crippen molar-refractivity contribution >= 4 is 15.7 Å². The first-order valence-corrected chi connectivity index (χ1v) is 10.2. The molecule has 2 saturated heterocycles. The van der Waals surface area contributed by atoms with Gasteiger partial charge in [-0.25, -0.2) is 8.42 Å². The number of nitrogens with one attached hydrogen (secondary N) is 2. The summed E-state index contributed by atoms with van der Waals surface area (Å²) in [7, 11) is -3.50. The van der Waals surface area contributed by atoms with Crippen LogP contribution in [0.2, 0.25) is 0 Å². The van der Waals surface area contributed by atoms with Crippen molar-refractivity contribution in [3.05, 3.63) is 35.9 Å². The Morgan fingerprint density at radius 1 is 1.25 bits per heavy atom. The molecule has 3 rings (SSSR count). The van der Waals surface area contributed by atoms with Crippen LogP contribution in [-0.4, -0.2) is 51.1 Å². The third kappa shape index (κ3) is 3.20. The average Bonchev–Trinajstić information content (AvgIpc) is 3.03. The Morgan fingerprint density at radius 3 is 2.54 bits per heavy atom. The van der Waals surface area contributed by atoms with Gasteiger partial charge in [0.15, 0.2) is 14.6 Å². The standard InChI is InChI=1S/C17H24N2O4S/c1-24(21,22)17(8-10-18-11-9-17)16(20)19-14-7-12-23-15(14)13-5-3-2-4-6-13/h2-6,14-15,18H,7-12H2,1H3,(H,19,20). The van der Waals surface area contributed by atoms with Crippen molar-refractivity contribution in [2.24, 2.45) is 0 Å². The van der Waals surface area contributed by atoms with Crippen molar-refractivity contribution < 1.29 is 17.9 Å².